The van der Waals surface area contributed by atoms with Crippen LogP contribution in [0, 0.1) is 0 Å². The molecule has 3 aromatic carbocycles. The van der Waals surface area contributed by atoms with E-state index in [0.717, 1.165) is 11.1 Å². The molecular formula is C26H26N2O4. The maximum atomic E-state index is 12.8. The van der Waals surface area contributed by atoms with Crippen molar-refractivity contribution in [3.05, 3.63) is 89.0 Å². The quantitative estimate of drug-likeness (QED) is 0.604. The molecule has 1 aliphatic heterocycles. The molecule has 0 aliphatic carbocycles. The van der Waals surface area contributed by atoms with E-state index in [1.54, 1.807) is 36.4 Å². The molecule has 2 amide bonds. The van der Waals surface area contributed by atoms with Crippen LogP contribution in [0.4, 0.5) is 5.69 Å². The lowest BCUT2D eigenvalue weighted by molar-refractivity contribution is 0.0951. The van der Waals surface area contributed by atoms with Gasteiger partial charge in [-0.25, -0.2) is 0 Å². The van der Waals surface area contributed by atoms with E-state index >= 15 is 0 Å². The predicted octanol–water partition coefficient (Wildman–Crippen LogP) is 4.90. The molecule has 0 aromatic heterocycles. The van der Waals surface area contributed by atoms with Crippen molar-refractivity contribution in [3.63, 3.8) is 0 Å². The van der Waals surface area contributed by atoms with Crippen LogP contribution in [0.1, 0.15) is 52.6 Å². The van der Waals surface area contributed by atoms with Crippen LogP contribution in [0.5, 0.6) is 11.5 Å². The van der Waals surface area contributed by atoms with Crippen molar-refractivity contribution in [1.29, 1.82) is 0 Å². The van der Waals surface area contributed by atoms with E-state index < -0.39 is 0 Å². The Hall–Kier alpha value is -3.80. The summed E-state index contributed by atoms with van der Waals surface area (Å²) in [6, 6.07) is 20.0. The molecule has 32 heavy (non-hydrogen) atoms. The molecule has 0 saturated heterocycles. The van der Waals surface area contributed by atoms with E-state index in [0.29, 0.717) is 34.9 Å². The number of amides is 2. The topological polar surface area (TPSA) is 76.7 Å². The minimum absolute atomic E-state index is 0.0116. The average molecular weight is 431 g/mol. The van der Waals surface area contributed by atoms with Crippen LogP contribution in [0.25, 0.3) is 0 Å². The van der Waals surface area contributed by atoms with Gasteiger partial charge in [-0.05, 0) is 52.9 Å². The van der Waals surface area contributed by atoms with Gasteiger partial charge in [-0.3, -0.25) is 9.59 Å². The molecule has 0 atom stereocenters. The summed E-state index contributed by atoms with van der Waals surface area (Å²) < 4.78 is 10.7. The average Bonchev–Trinajstić information content (AvgIpc) is 3.25. The molecule has 0 radical (unpaired) electrons. The largest absolute Gasteiger partial charge is 0.454 e. The van der Waals surface area contributed by atoms with Gasteiger partial charge in [0.1, 0.15) is 0 Å². The molecule has 0 spiro atoms. The molecule has 3 aromatic rings. The number of rotatable bonds is 5. The van der Waals surface area contributed by atoms with Gasteiger partial charge in [0.2, 0.25) is 6.79 Å². The van der Waals surface area contributed by atoms with Gasteiger partial charge in [-0.1, -0.05) is 51.1 Å². The van der Waals surface area contributed by atoms with E-state index in [1.165, 1.54) is 0 Å². The van der Waals surface area contributed by atoms with Crippen LogP contribution in [0.2, 0.25) is 0 Å². The molecule has 0 saturated carbocycles. The fourth-order valence-electron chi connectivity index (χ4n) is 3.43. The van der Waals surface area contributed by atoms with Crippen molar-refractivity contribution in [1.82, 2.24) is 5.32 Å². The first-order chi connectivity index (χ1) is 15.3. The lowest BCUT2D eigenvalue weighted by Gasteiger charge is -2.19. The highest BCUT2D eigenvalue weighted by atomic mass is 16.7. The Morgan fingerprint density at radius 1 is 0.875 bits per heavy atom. The summed E-state index contributed by atoms with van der Waals surface area (Å²) in [7, 11) is 0. The lowest BCUT2D eigenvalue weighted by Crippen LogP contribution is -2.25. The van der Waals surface area contributed by atoms with Gasteiger partial charge in [0.15, 0.2) is 11.5 Å². The van der Waals surface area contributed by atoms with Crippen molar-refractivity contribution in [2.45, 2.75) is 32.7 Å². The third-order valence-electron chi connectivity index (χ3n) is 5.32. The van der Waals surface area contributed by atoms with E-state index in [1.807, 2.05) is 30.3 Å². The maximum Gasteiger partial charge on any atom is 0.255 e. The summed E-state index contributed by atoms with van der Waals surface area (Å²) in [4.78, 5) is 25.6. The molecule has 1 heterocycles. The number of para-hydroxylation sites is 1. The summed E-state index contributed by atoms with van der Waals surface area (Å²) >= 11 is 0. The zero-order chi connectivity index (χ0) is 22.7. The first kappa shape index (κ1) is 21.4. The Bertz CT molecular complexity index is 1150. The minimum atomic E-state index is -0.276. The Kier molecular flexibility index (Phi) is 5.86. The number of benzene rings is 3. The molecule has 6 nitrogen and oxygen atoms in total. The number of carbonyl (C=O) groups is 2. The van der Waals surface area contributed by atoms with Crippen molar-refractivity contribution >= 4 is 17.5 Å². The van der Waals surface area contributed by atoms with Crippen LogP contribution in [0.3, 0.4) is 0 Å². The van der Waals surface area contributed by atoms with Crippen molar-refractivity contribution in [3.8, 4) is 11.5 Å². The van der Waals surface area contributed by atoms with E-state index in [-0.39, 0.29) is 24.0 Å². The Morgan fingerprint density at radius 2 is 1.59 bits per heavy atom. The molecule has 164 valence electrons. The third kappa shape index (κ3) is 4.75. The molecule has 0 fully saturated rings. The van der Waals surface area contributed by atoms with Crippen LogP contribution >= 0.6 is 0 Å². The minimum Gasteiger partial charge on any atom is -0.454 e. The molecule has 0 unspecified atom stereocenters. The smallest absolute Gasteiger partial charge is 0.255 e. The van der Waals surface area contributed by atoms with E-state index in [4.69, 9.17) is 9.47 Å². The number of nitrogens with one attached hydrogen (secondary N) is 2. The highest BCUT2D eigenvalue weighted by Gasteiger charge is 2.17. The first-order valence-electron chi connectivity index (χ1n) is 10.5. The van der Waals surface area contributed by atoms with Gasteiger partial charge in [-0.15, -0.1) is 0 Å². The molecule has 6 heteroatoms. The summed E-state index contributed by atoms with van der Waals surface area (Å²) in [5.41, 5.74) is 3.44. The third-order valence-corrected chi connectivity index (χ3v) is 5.32. The molecule has 4 rings (SSSR count). The summed E-state index contributed by atoms with van der Waals surface area (Å²) in [6.45, 7) is 6.91. The number of anilines is 1. The summed E-state index contributed by atoms with van der Waals surface area (Å²) in [6.07, 6.45) is 0. The fourth-order valence-corrected chi connectivity index (χ4v) is 3.43. The van der Waals surface area contributed by atoms with Gasteiger partial charge in [0.25, 0.3) is 11.8 Å². The van der Waals surface area contributed by atoms with Gasteiger partial charge in [0, 0.05) is 12.1 Å². The summed E-state index contributed by atoms with van der Waals surface area (Å²) in [5.74, 6) is 0.827. The number of hydrogen-bond acceptors (Lipinski definition) is 4. The van der Waals surface area contributed by atoms with Gasteiger partial charge >= 0.3 is 0 Å². The van der Waals surface area contributed by atoms with Crippen LogP contribution in [-0.4, -0.2) is 18.6 Å². The monoisotopic (exact) mass is 430 g/mol. The number of fused-ring (bicyclic) bond motifs is 1. The zero-order valence-electron chi connectivity index (χ0n) is 18.4. The van der Waals surface area contributed by atoms with Crippen LogP contribution < -0.4 is 20.1 Å². The number of hydrogen-bond donors (Lipinski definition) is 2. The SMILES string of the molecule is CC(C)(C)c1ccc(C(=O)Nc2ccccc2C(=O)NCc2ccc3c(c2)OCO3)cc1. The Balaban J connectivity index is 1.44. The van der Waals surface area contributed by atoms with E-state index in [9.17, 15) is 9.59 Å². The second-order valence-electron chi connectivity index (χ2n) is 8.70. The predicted molar refractivity (Wildman–Crippen MR) is 123 cm³/mol. The lowest BCUT2D eigenvalue weighted by atomic mass is 9.86. The van der Waals surface area contributed by atoms with Gasteiger partial charge < -0.3 is 20.1 Å². The van der Waals surface area contributed by atoms with Gasteiger partial charge in [0.05, 0.1) is 11.3 Å². The van der Waals surface area contributed by atoms with Crippen LogP contribution in [0.15, 0.2) is 66.7 Å². The van der Waals surface area contributed by atoms with Crippen molar-refractivity contribution in [2.75, 3.05) is 12.1 Å². The second kappa shape index (κ2) is 8.75. The highest BCUT2D eigenvalue weighted by Crippen LogP contribution is 2.32. The highest BCUT2D eigenvalue weighted by molar-refractivity contribution is 6.09. The Labute approximate surface area is 187 Å². The van der Waals surface area contributed by atoms with E-state index in [2.05, 4.69) is 31.4 Å². The van der Waals surface area contributed by atoms with Crippen LogP contribution in [-0.2, 0) is 12.0 Å². The molecule has 1 aliphatic rings. The van der Waals surface area contributed by atoms with Crippen molar-refractivity contribution < 1.29 is 19.1 Å². The molecular weight excluding hydrogens is 404 g/mol. The zero-order valence-corrected chi connectivity index (χ0v) is 18.4. The van der Waals surface area contributed by atoms with Gasteiger partial charge in [-0.2, -0.15) is 0 Å². The normalized spacial score (nSPS) is 12.3. The number of carbonyl (C=O) groups excluding carboxylic acids is 2. The fraction of sp³-hybridized carbons (Fsp3) is 0.231. The summed E-state index contributed by atoms with van der Waals surface area (Å²) in [5, 5.41) is 5.76. The Morgan fingerprint density at radius 3 is 2.34 bits per heavy atom. The molecule has 2 N–H and O–H groups in total. The molecule has 0 bridgehead atoms. The van der Waals surface area contributed by atoms with Crippen molar-refractivity contribution in [2.24, 2.45) is 0 Å². The maximum absolute atomic E-state index is 12.8. The standard InChI is InChI=1S/C26H26N2O4/c1-26(2,3)19-11-9-18(10-12-19)24(29)28-21-7-5-4-6-20(21)25(30)27-15-17-8-13-22-23(14-17)32-16-31-22/h4-14H,15-16H2,1-3H3,(H,27,30)(H,28,29). The second-order valence-corrected chi connectivity index (χ2v) is 8.70. The number of ether oxygens (including phenoxy) is 2. The first-order valence-corrected chi connectivity index (χ1v) is 10.5.